The zero-order chi connectivity index (χ0) is 8.55. The van der Waals surface area contributed by atoms with Crippen LogP contribution in [0.15, 0.2) is 12.3 Å². The molecule has 0 radical (unpaired) electrons. The highest BCUT2D eigenvalue weighted by atomic mass is 127. The van der Waals surface area contributed by atoms with Crippen molar-refractivity contribution in [2.75, 3.05) is 0 Å². The van der Waals surface area contributed by atoms with Gasteiger partial charge in [0.15, 0.2) is 5.75 Å². The van der Waals surface area contributed by atoms with E-state index in [9.17, 15) is 4.39 Å². The minimum Gasteiger partial charge on any atom is -0.488 e. The van der Waals surface area contributed by atoms with E-state index >= 15 is 0 Å². The average Bonchev–Trinajstić information content (AvgIpc) is 2.79. The van der Waals surface area contributed by atoms with Crippen molar-refractivity contribution in [3.05, 3.63) is 21.8 Å². The van der Waals surface area contributed by atoms with Crippen LogP contribution in [0.5, 0.6) is 5.75 Å². The predicted molar refractivity (Wildman–Crippen MR) is 50.6 cm³/mol. The minimum absolute atomic E-state index is 0.339. The number of halogens is 2. The summed E-state index contributed by atoms with van der Waals surface area (Å²) < 4.78 is 18.8. The highest BCUT2D eigenvalue weighted by Gasteiger charge is 2.24. The first-order chi connectivity index (χ1) is 5.75. The van der Waals surface area contributed by atoms with Crippen LogP contribution in [0, 0.1) is 9.52 Å². The maximum atomic E-state index is 12.5. The average molecular weight is 279 g/mol. The molecule has 2 rings (SSSR count). The summed E-state index contributed by atoms with van der Waals surface area (Å²) in [5.74, 6) is 0.238. The van der Waals surface area contributed by atoms with Crippen LogP contribution in [-0.2, 0) is 0 Å². The van der Waals surface area contributed by atoms with Gasteiger partial charge in [0.2, 0.25) is 5.95 Å². The molecular weight excluding hydrogens is 272 g/mol. The van der Waals surface area contributed by atoms with Crippen LogP contribution in [0.25, 0.3) is 0 Å². The standard InChI is InChI=1S/C8H7FINO/c9-8-3-6(10)7(4-11-8)12-5-1-2-5/h3-5H,1-2H2. The van der Waals surface area contributed by atoms with Gasteiger partial charge in [0, 0.05) is 6.07 Å². The van der Waals surface area contributed by atoms with Gasteiger partial charge in [0.25, 0.3) is 0 Å². The Labute approximate surface area is 83.3 Å². The summed E-state index contributed by atoms with van der Waals surface area (Å²) in [4.78, 5) is 3.52. The molecule has 64 valence electrons. The lowest BCUT2D eigenvalue weighted by molar-refractivity contribution is 0.298. The summed E-state index contributed by atoms with van der Waals surface area (Å²) in [5.41, 5.74) is 0. The summed E-state index contributed by atoms with van der Waals surface area (Å²) in [5, 5.41) is 0. The normalized spacial score (nSPS) is 16.2. The van der Waals surface area contributed by atoms with Crippen molar-refractivity contribution in [3.63, 3.8) is 0 Å². The fraction of sp³-hybridized carbons (Fsp3) is 0.375. The molecule has 0 aromatic carbocycles. The van der Waals surface area contributed by atoms with Gasteiger partial charge < -0.3 is 4.74 Å². The number of hydrogen-bond acceptors (Lipinski definition) is 2. The van der Waals surface area contributed by atoms with Crippen LogP contribution in [0.2, 0.25) is 0 Å². The molecule has 12 heavy (non-hydrogen) atoms. The van der Waals surface area contributed by atoms with Gasteiger partial charge >= 0.3 is 0 Å². The molecule has 1 aromatic rings. The second-order valence-corrected chi connectivity index (χ2v) is 3.92. The van der Waals surface area contributed by atoms with Gasteiger partial charge in [-0.3, -0.25) is 0 Å². The van der Waals surface area contributed by atoms with E-state index in [2.05, 4.69) is 4.98 Å². The van der Waals surface area contributed by atoms with E-state index in [0.29, 0.717) is 11.9 Å². The molecule has 2 nitrogen and oxygen atoms in total. The lowest BCUT2D eigenvalue weighted by atomic mass is 10.4. The predicted octanol–water partition coefficient (Wildman–Crippen LogP) is 2.37. The minimum atomic E-state index is -0.456. The molecule has 0 N–H and O–H groups in total. The molecule has 0 aliphatic heterocycles. The third-order valence-corrected chi connectivity index (χ3v) is 2.45. The van der Waals surface area contributed by atoms with Crippen molar-refractivity contribution < 1.29 is 9.13 Å². The van der Waals surface area contributed by atoms with Crippen LogP contribution in [0.1, 0.15) is 12.8 Å². The highest BCUT2D eigenvalue weighted by molar-refractivity contribution is 14.1. The van der Waals surface area contributed by atoms with Crippen molar-refractivity contribution >= 4 is 22.6 Å². The van der Waals surface area contributed by atoms with E-state index in [4.69, 9.17) is 4.74 Å². The Morgan fingerprint density at radius 3 is 2.92 bits per heavy atom. The second kappa shape index (κ2) is 3.16. The quantitative estimate of drug-likeness (QED) is 0.612. The summed E-state index contributed by atoms with van der Waals surface area (Å²) in [6, 6.07) is 1.37. The van der Waals surface area contributed by atoms with E-state index in [1.165, 1.54) is 12.3 Å². The zero-order valence-electron chi connectivity index (χ0n) is 6.26. The summed E-state index contributed by atoms with van der Waals surface area (Å²) >= 11 is 2.04. The van der Waals surface area contributed by atoms with E-state index < -0.39 is 5.95 Å². The maximum absolute atomic E-state index is 12.5. The first-order valence-corrected chi connectivity index (χ1v) is 4.81. The topological polar surface area (TPSA) is 22.1 Å². The Morgan fingerprint density at radius 1 is 1.58 bits per heavy atom. The van der Waals surface area contributed by atoms with Gasteiger partial charge in [0.05, 0.1) is 15.9 Å². The molecule has 0 saturated heterocycles. The number of nitrogens with zero attached hydrogens (tertiary/aromatic N) is 1. The molecule has 0 unspecified atom stereocenters. The summed E-state index contributed by atoms with van der Waals surface area (Å²) in [6.45, 7) is 0. The number of hydrogen-bond donors (Lipinski definition) is 0. The van der Waals surface area contributed by atoms with E-state index in [1.807, 2.05) is 22.6 Å². The Kier molecular flexibility index (Phi) is 2.16. The number of rotatable bonds is 2. The van der Waals surface area contributed by atoms with Crippen molar-refractivity contribution in [3.8, 4) is 5.75 Å². The molecule has 1 fully saturated rings. The van der Waals surface area contributed by atoms with Gasteiger partial charge in [-0.1, -0.05) is 0 Å². The van der Waals surface area contributed by atoms with Gasteiger partial charge in [-0.15, -0.1) is 0 Å². The van der Waals surface area contributed by atoms with Crippen molar-refractivity contribution in [1.29, 1.82) is 0 Å². The Hall–Kier alpha value is -0.390. The largest absolute Gasteiger partial charge is 0.488 e. The van der Waals surface area contributed by atoms with Crippen LogP contribution in [0.3, 0.4) is 0 Å². The highest BCUT2D eigenvalue weighted by Crippen LogP contribution is 2.29. The van der Waals surface area contributed by atoms with E-state index in [1.54, 1.807) is 0 Å². The molecule has 1 aromatic heterocycles. The molecule has 0 bridgehead atoms. The summed E-state index contributed by atoms with van der Waals surface area (Å²) in [6.07, 6.45) is 3.99. The SMILES string of the molecule is Fc1cc(I)c(OC2CC2)cn1. The smallest absolute Gasteiger partial charge is 0.214 e. The molecule has 0 amide bonds. The fourth-order valence-electron chi connectivity index (χ4n) is 0.847. The second-order valence-electron chi connectivity index (χ2n) is 2.75. The first-order valence-electron chi connectivity index (χ1n) is 3.73. The lowest BCUT2D eigenvalue weighted by Gasteiger charge is -2.04. The van der Waals surface area contributed by atoms with Crippen LogP contribution < -0.4 is 4.74 Å². The lowest BCUT2D eigenvalue weighted by Crippen LogP contribution is -1.99. The molecular formula is C8H7FINO. The molecule has 1 aliphatic carbocycles. The zero-order valence-corrected chi connectivity index (χ0v) is 8.42. The van der Waals surface area contributed by atoms with Crippen LogP contribution in [0.4, 0.5) is 4.39 Å². The maximum Gasteiger partial charge on any atom is 0.214 e. The molecule has 0 spiro atoms. The summed E-state index contributed by atoms with van der Waals surface area (Å²) in [7, 11) is 0. The fourth-order valence-corrected chi connectivity index (χ4v) is 1.37. The van der Waals surface area contributed by atoms with Crippen molar-refractivity contribution in [2.24, 2.45) is 0 Å². The molecule has 0 atom stereocenters. The third-order valence-electron chi connectivity index (χ3n) is 1.60. The van der Waals surface area contributed by atoms with Gasteiger partial charge in [-0.05, 0) is 35.4 Å². The number of pyridine rings is 1. The first kappa shape index (κ1) is 8.22. The van der Waals surface area contributed by atoms with Crippen molar-refractivity contribution in [2.45, 2.75) is 18.9 Å². The Bertz CT molecular complexity index is 301. The van der Waals surface area contributed by atoms with E-state index in [-0.39, 0.29) is 0 Å². The number of ether oxygens (including phenoxy) is 1. The van der Waals surface area contributed by atoms with Gasteiger partial charge in [0.1, 0.15) is 0 Å². The van der Waals surface area contributed by atoms with Gasteiger partial charge in [-0.2, -0.15) is 4.39 Å². The monoisotopic (exact) mass is 279 g/mol. The molecule has 1 heterocycles. The van der Waals surface area contributed by atoms with Crippen molar-refractivity contribution in [1.82, 2.24) is 4.98 Å². The van der Waals surface area contributed by atoms with Crippen LogP contribution in [-0.4, -0.2) is 11.1 Å². The number of aromatic nitrogens is 1. The Morgan fingerprint density at radius 2 is 2.33 bits per heavy atom. The molecule has 4 heteroatoms. The van der Waals surface area contributed by atoms with E-state index in [0.717, 1.165) is 16.4 Å². The molecule has 1 saturated carbocycles. The van der Waals surface area contributed by atoms with Gasteiger partial charge in [-0.25, -0.2) is 4.98 Å². The van der Waals surface area contributed by atoms with Crippen LogP contribution >= 0.6 is 22.6 Å². The Balaban J connectivity index is 2.18. The molecule has 1 aliphatic rings. The third kappa shape index (κ3) is 1.85.